The van der Waals surface area contributed by atoms with Gasteiger partial charge in [-0.2, -0.15) is 5.10 Å². The van der Waals surface area contributed by atoms with E-state index in [-0.39, 0.29) is 18.2 Å². The number of benzene rings is 1. The molecule has 1 aliphatic heterocycles. The van der Waals surface area contributed by atoms with E-state index in [1.54, 1.807) is 11.7 Å². The highest BCUT2D eigenvalue weighted by Gasteiger charge is 2.26. The predicted octanol–water partition coefficient (Wildman–Crippen LogP) is 2.88. The number of nitrogens with zero attached hydrogens (tertiary/aromatic N) is 3. The maximum atomic E-state index is 12.3. The molecule has 1 aliphatic rings. The number of hydrazone groups is 1. The molecule has 0 aliphatic carbocycles. The zero-order valence-corrected chi connectivity index (χ0v) is 13.7. The molecule has 0 bridgehead atoms. The second-order valence-corrected chi connectivity index (χ2v) is 6.25. The van der Waals surface area contributed by atoms with Crippen LogP contribution in [0.15, 0.2) is 35.0 Å². The summed E-state index contributed by atoms with van der Waals surface area (Å²) in [5.41, 5.74) is 4.69. The van der Waals surface area contributed by atoms with E-state index in [0.717, 1.165) is 16.8 Å². The summed E-state index contributed by atoms with van der Waals surface area (Å²) in [6.45, 7) is 3.88. The van der Waals surface area contributed by atoms with Crippen molar-refractivity contribution >= 4 is 39.6 Å². The number of aryl methyl sites for hydroxylation is 2. The highest BCUT2D eigenvalue weighted by molar-refractivity contribution is 7.14. The first kappa shape index (κ1) is 15.4. The molecule has 1 aromatic carbocycles. The Morgan fingerprint density at radius 3 is 2.87 bits per heavy atom. The van der Waals surface area contributed by atoms with Crippen molar-refractivity contribution in [2.24, 2.45) is 5.10 Å². The number of aromatic nitrogens is 1. The van der Waals surface area contributed by atoms with Gasteiger partial charge in [-0.05, 0) is 31.0 Å². The van der Waals surface area contributed by atoms with E-state index in [1.807, 2.05) is 32.0 Å². The Hall–Kier alpha value is -2.54. The molecule has 1 aromatic heterocycles. The van der Waals surface area contributed by atoms with Crippen molar-refractivity contribution in [1.29, 1.82) is 0 Å². The van der Waals surface area contributed by atoms with Crippen LogP contribution in [0, 0.1) is 13.8 Å². The quantitative estimate of drug-likeness (QED) is 0.941. The average Bonchev–Trinajstić information content (AvgIpc) is 3.03. The Kier molecular flexibility index (Phi) is 4.20. The molecule has 6 nitrogen and oxygen atoms in total. The monoisotopic (exact) mass is 328 g/mol. The molecule has 0 saturated carbocycles. The molecule has 23 heavy (non-hydrogen) atoms. The first-order valence-corrected chi connectivity index (χ1v) is 8.10. The lowest BCUT2D eigenvalue weighted by Gasteiger charge is -2.24. The molecular weight excluding hydrogens is 312 g/mol. The van der Waals surface area contributed by atoms with E-state index in [1.165, 1.54) is 16.3 Å². The third-order valence-corrected chi connectivity index (χ3v) is 4.25. The molecule has 2 heterocycles. The van der Waals surface area contributed by atoms with Gasteiger partial charge in [0.05, 0.1) is 17.4 Å². The van der Waals surface area contributed by atoms with Crippen LogP contribution in [-0.2, 0) is 9.59 Å². The van der Waals surface area contributed by atoms with E-state index in [4.69, 9.17) is 0 Å². The highest BCUT2D eigenvalue weighted by Crippen LogP contribution is 2.25. The standard InChI is InChI=1S/C16H16N4O2S/c1-10-3-4-11(2)13(7-10)20-15(21)6-5-12(19-20)16(22)18-14-8-17-9-23-14/h3-4,7-9H,5-6H2,1-2H3,(H,18,22). The third-order valence-electron chi connectivity index (χ3n) is 3.56. The van der Waals surface area contributed by atoms with Crippen molar-refractivity contribution < 1.29 is 9.59 Å². The van der Waals surface area contributed by atoms with Crippen molar-refractivity contribution in [1.82, 2.24) is 4.98 Å². The number of thiazole rings is 1. The third kappa shape index (κ3) is 3.29. The van der Waals surface area contributed by atoms with Crippen LogP contribution in [0.2, 0.25) is 0 Å². The van der Waals surface area contributed by atoms with Crippen LogP contribution in [0.4, 0.5) is 10.7 Å². The molecule has 2 amide bonds. The van der Waals surface area contributed by atoms with Gasteiger partial charge in [-0.25, -0.2) is 5.01 Å². The van der Waals surface area contributed by atoms with Crippen LogP contribution < -0.4 is 10.3 Å². The van der Waals surface area contributed by atoms with Gasteiger partial charge in [-0.3, -0.25) is 14.6 Å². The zero-order valence-electron chi connectivity index (χ0n) is 12.9. The summed E-state index contributed by atoms with van der Waals surface area (Å²) in [5, 5.41) is 9.04. The number of amides is 2. The van der Waals surface area contributed by atoms with Gasteiger partial charge in [-0.15, -0.1) is 11.3 Å². The van der Waals surface area contributed by atoms with Crippen molar-refractivity contribution in [2.45, 2.75) is 26.7 Å². The maximum Gasteiger partial charge on any atom is 0.272 e. The average molecular weight is 328 g/mol. The number of rotatable bonds is 3. The molecule has 0 fully saturated rings. The summed E-state index contributed by atoms with van der Waals surface area (Å²) in [6.07, 6.45) is 2.19. The number of nitrogens with one attached hydrogen (secondary N) is 1. The van der Waals surface area contributed by atoms with Gasteiger partial charge in [0.15, 0.2) is 0 Å². The summed E-state index contributed by atoms with van der Waals surface area (Å²) < 4.78 is 0. The van der Waals surface area contributed by atoms with Crippen molar-refractivity contribution in [3.63, 3.8) is 0 Å². The van der Waals surface area contributed by atoms with Crippen LogP contribution in [0.5, 0.6) is 0 Å². The summed E-state index contributed by atoms with van der Waals surface area (Å²) in [7, 11) is 0. The van der Waals surface area contributed by atoms with Crippen LogP contribution in [-0.4, -0.2) is 22.5 Å². The van der Waals surface area contributed by atoms with Crippen molar-refractivity contribution in [3.05, 3.63) is 41.0 Å². The van der Waals surface area contributed by atoms with Gasteiger partial charge in [0, 0.05) is 12.8 Å². The van der Waals surface area contributed by atoms with Gasteiger partial charge in [0.2, 0.25) is 5.91 Å². The highest BCUT2D eigenvalue weighted by atomic mass is 32.1. The lowest BCUT2D eigenvalue weighted by molar-refractivity contribution is -0.118. The Bertz CT molecular complexity index is 783. The summed E-state index contributed by atoms with van der Waals surface area (Å²) >= 11 is 1.34. The second-order valence-electron chi connectivity index (χ2n) is 5.36. The lowest BCUT2D eigenvalue weighted by Crippen LogP contribution is -2.36. The molecule has 7 heteroatoms. The largest absolute Gasteiger partial charge is 0.311 e. The normalized spacial score (nSPS) is 14.6. The van der Waals surface area contributed by atoms with Gasteiger partial charge >= 0.3 is 0 Å². The van der Waals surface area contributed by atoms with E-state index in [0.29, 0.717) is 17.1 Å². The second kappa shape index (κ2) is 6.29. The molecule has 0 radical (unpaired) electrons. The number of carbonyl (C=O) groups is 2. The van der Waals surface area contributed by atoms with E-state index in [9.17, 15) is 9.59 Å². The molecule has 0 atom stereocenters. The first-order chi connectivity index (χ1) is 11.0. The number of carbonyl (C=O) groups excluding carboxylic acids is 2. The van der Waals surface area contributed by atoms with Crippen LogP contribution in [0.3, 0.4) is 0 Å². The number of hydrogen-bond acceptors (Lipinski definition) is 5. The van der Waals surface area contributed by atoms with E-state index >= 15 is 0 Å². The first-order valence-electron chi connectivity index (χ1n) is 7.22. The van der Waals surface area contributed by atoms with Gasteiger partial charge < -0.3 is 5.32 Å². The summed E-state index contributed by atoms with van der Waals surface area (Å²) in [4.78, 5) is 28.4. The summed E-state index contributed by atoms with van der Waals surface area (Å²) in [6, 6.07) is 5.83. The summed E-state index contributed by atoms with van der Waals surface area (Å²) in [5.74, 6) is -0.398. The fraction of sp³-hybridized carbons (Fsp3) is 0.250. The molecular formula is C16H16N4O2S. The molecule has 0 unspecified atom stereocenters. The molecule has 0 saturated heterocycles. The smallest absolute Gasteiger partial charge is 0.272 e. The Labute approximate surface area is 137 Å². The molecule has 2 aromatic rings. The van der Waals surface area contributed by atoms with E-state index < -0.39 is 0 Å². The zero-order chi connectivity index (χ0) is 16.4. The van der Waals surface area contributed by atoms with Crippen LogP contribution >= 0.6 is 11.3 Å². The van der Waals surface area contributed by atoms with Crippen LogP contribution in [0.1, 0.15) is 24.0 Å². The van der Waals surface area contributed by atoms with E-state index in [2.05, 4.69) is 15.4 Å². The van der Waals surface area contributed by atoms with Gasteiger partial charge in [0.1, 0.15) is 10.7 Å². The molecule has 1 N–H and O–H groups in total. The fourth-order valence-corrected chi connectivity index (χ4v) is 2.82. The van der Waals surface area contributed by atoms with Crippen LogP contribution in [0.25, 0.3) is 0 Å². The minimum absolute atomic E-state index is 0.104. The predicted molar refractivity (Wildman–Crippen MR) is 90.8 cm³/mol. The molecule has 0 spiro atoms. The number of hydrogen-bond donors (Lipinski definition) is 1. The van der Waals surface area contributed by atoms with Crippen molar-refractivity contribution in [2.75, 3.05) is 10.3 Å². The SMILES string of the molecule is Cc1ccc(C)c(N2N=C(C(=O)Nc3cncs3)CCC2=O)c1. The fourth-order valence-electron chi connectivity index (χ4n) is 2.31. The molecule has 118 valence electrons. The topological polar surface area (TPSA) is 74.7 Å². The minimum atomic E-state index is -0.294. The minimum Gasteiger partial charge on any atom is -0.311 e. The Morgan fingerprint density at radius 1 is 1.30 bits per heavy atom. The lowest BCUT2D eigenvalue weighted by atomic mass is 10.1. The van der Waals surface area contributed by atoms with Gasteiger partial charge in [0.25, 0.3) is 5.91 Å². The Morgan fingerprint density at radius 2 is 2.13 bits per heavy atom. The van der Waals surface area contributed by atoms with Gasteiger partial charge in [-0.1, -0.05) is 12.1 Å². The number of anilines is 2. The van der Waals surface area contributed by atoms with Crippen molar-refractivity contribution in [3.8, 4) is 0 Å². The Balaban J connectivity index is 1.89. The maximum absolute atomic E-state index is 12.3. The molecule has 3 rings (SSSR count).